The van der Waals surface area contributed by atoms with E-state index >= 15 is 0 Å². The zero-order valence-electron chi connectivity index (χ0n) is 7.71. The van der Waals surface area contributed by atoms with Crippen molar-refractivity contribution in [1.29, 1.82) is 0 Å². The van der Waals surface area contributed by atoms with Crippen LogP contribution in [0.2, 0.25) is 0 Å². The van der Waals surface area contributed by atoms with Gasteiger partial charge in [0.15, 0.2) is 0 Å². The minimum Gasteiger partial charge on any atom is -0.302 e. The number of nitrogens with zero attached hydrogens (tertiary/aromatic N) is 3. The van der Waals surface area contributed by atoms with Crippen LogP contribution in [0.3, 0.4) is 0 Å². The van der Waals surface area contributed by atoms with Crippen LogP contribution in [-0.4, -0.2) is 14.5 Å². The lowest BCUT2D eigenvalue weighted by molar-refractivity contribution is 0.812. The highest BCUT2D eigenvalue weighted by Crippen LogP contribution is 2.09. The summed E-state index contributed by atoms with van der Waals surface area (Å²) in [6, 6.07) is 7.28. The van der Waals surface area contributed by atoms with Crippen LogP contribution in [0.5, 0.6) is 0 Å². The normalized spacial score (nSPS) is 10.1. The molecule has 0 radical (unpaired) electrons. The van der Waals surface area contributed by atoms with E-state index in [0.29, 0.717) is 11.4 Å². The van der Waals surface area contributed by atoms with Gasteiger partial charge in [0.2, 0.25) is 0 Å². The molecule has 2 heterocycles. The summed E-state index contributed by atoms with van der Waals surface area (Å²) in [5, 5.41) is 0. The van der Waals surface area contributed by atoms with Crippen molar-refractivity contribution in [2.75, 3.05) is 0 Å². The SMILES string of the molecule is Cn1ccc(-c2ccccn2)nc1=O. The molecule has 0 aliphatic heterocycles. The smallest absolute Gasteiger partial charge is 0.302 e. The molecule has 0 saturated heterocycles. The number of aromatic nitrogens is 3. The molecule has 0 atom stereocenters. The van der Waals surface area contributed by atoms with E-state index in [1.807, 2.05) is 18.2 Å². The number of rotatable bonds is 1. The lowest BCUT2D eigenvalue weighted by Gasteiger charge is -1.99. The van der Waals surface area contributed by atoms with Gasteiger partial charge in [0.1, 0.15) is 0 Å². The summed E-state index contributed by atoms with van der Waals surface area (Å²) in [6.45, 7) is 0. The Morgan fingerprint density at radius 3 is 2.71 bits per heavy atom. The molecule has 2 rings (SSSR count). The van der Waals surface area contributed by atoms with Crippen LogP contribution >= 0.6 is 0 Å². The fraction of sp³-hybridized carbons (Fsp3) is 0.100. The molecule has 0 spiro atoms. The van der Waals surface area contributed by atoms with Crippen molar-refractivity contribution in [3.8, 4) is 11.4 Å². The predicted octanol–water partition coefficient (Wildman–Crippen LogP) is 0.842. The quantitative estimate of drug-likeness (QED) is 0.664. The van der Waals surface area contributed by atoms with Gasteiger partial charge in [-0.3, -0.25) is 4.98 Å². The van der Waals surface area contributed by atoms with Crippen molar-refractivity contribution >= 4 is 0 Å². The summed E-state index contributed by atoms with van der Waals surface area (Å²) < 4.78 is 1.42. The van der Waals surface area contributed by atoms with Crippen LogP contribution in [0.25, 0.3) is 11.4 Å². The van der Waals surface area contributed by atoms with Gasteiger partial charge in [0, 0.05) is 19.4 Å². The molecule has 4 heteroatoms. The average Bonchev–Trinajstić information content (AvgIpc) is 2.23. The first-order valence-electron chi connectivity index (χ1n) is 4.22. The van der Waals surface area contributed by atoms with Crippen molar-refractivity contribution in [2.24, 2.45) is 7.05 Å². The number of hydrogen-bond donors (Lipinski definition) is 0. The van der Waals surface area contributed by atoms with E-state index < -0.39 is 0 Å². The van der Waals surface area contributed by atoms with Gasteiger partial charge in [-0.1, -0.05) is 6.07 Å². The van der Waals surface area contributed by atoms with Crippen molar-refractivity contribution in [2.45, 2.75) is 0 Å². The van der Waals surface area contributed by atoms with Crippen LogP contribution in [0, 0.1) is 0 Å². The first kappa shape index (κ1) is 8.62. The fourth-order valence-corrected chi connectivity index (χ4v) is 1.12. The third-order valence-electron chi connectivity index (χ3n) is 1.90. The Labute approximate surface area is 80.9 Å². The van der Waals surface area contributed by atoms with Crippen molar-refractivity contribution in [1.82, 2.24) is 14.5 Å². The largest absolute Gasteiger partial charge is 0.347 e. The number of aryl methyl sites for hydroxylation is 1. The first-order chi connectivity index (χ1) is 6.77. The molecule has 0 aliphatic rings. The second kappa shape index (κ2) is 3.41. The molecule has 0 aromatic carbocycles. The number of pyridine rings is 1. The van der Waals surface area contributed by atoms with Gasteiger partial charge in [0.25, 0.3) is 0 Å². The summed E-state index contributed by atoms with van der Waals surface area (Å²) in [5.74, 6) is 0. The van der Waals surface area contributed by atoms with Crippen molar-refractivity contribution in [3.05, 3.63) is 47.1 Å². The highest BCUT2D eigenvalue weighted by atomic mass is 16.1. The second-order valence-electron chi connectivity index (χ2n) is 2.92. The minimum absolute atomic E-state index is 0.270. The van der Waals surface area contributed by atoms with Gasteiger partial charge in [-0.25, -0.2) is 4.79 Å². The van der Waals surface area contributed by atoms with E-state index in [1.165, 1.54) is 4.57 Å². The third-order valence-corrected chi connectivity index (χ3v) is 1.90. The van der Waals surface area contributed by atoms with Gasteiger partial charge in [0.05, 0.1) is 11.4 Å². The van der Waals surface area contributed by atoms with Gasteiger partial charge < -0.3 is 4.57 Å². The van der Waals surface area contributed by atoms with E-state index in [2.05, 4.69) is 9.97 Å². The van der Waals surface area contributed by atoms with Crippen molar-refractivity contribution < 1.29 is 0 Å². The Hall–Kier alpha value is -1.97. The summed E-state index contributed by atoms with van der Waals surface area (Å²) >= 11 is 0. The molecule has 0 bridgehead atoms. The zero-order chi connectivity index (χ0) is 9.97. The second-order valence-corrected chi connectivity index (χ2v) is 2.92. The maximum atomic E-state index is 11.2. The molecule has 0 aliphatic carbocycles. The highest BCUT2D eigenvalue weighted by molar-refractivity contribution is 5.52. The van der Waals surface area contributed by atoms with Crippen LogP contribution in [0.1, 0.15) is 0 Å². The Bertz CT molecular complexity index is 490. The van der Waals surface area contributed by atoms with Crippen molar-refractivity contribution in [3.63, 3.8) is 0 Å². The molecular formula is C10H9N3O. The summed E-state index contributed by atoms with van der Waals surface area (Å²) in [4.78, 5) is 19.2. The summed E-state index contributed by atoms with van der Waals surface area (Å²) in [7, 11) is 1.66. The van der Waals surface area contributed by atoms with E-state index in [-0.39, 0.29) is 5.69 Å². The monoisotopic (exact) mass is 187 g/mol. The van der Waals surface area contributed by atoms with Crippen LogP contribution < -0.4 is 5.69 Å². The molecule has 14 heavy (non-hydrogen) atoms. The first-order valence-corrected chi connectivity index (χ1v) is 4.22. The van der Waals surface area contributed by atoms with Gasteiger partial charge in [-0.15, -0.1) is 0 Å². The Morgan fingerprint density at radius 1 is 1.21 bits per heavy atom. The molecule has 0 amide bonds. The maximum Gasteiger partial charge on any atom is 0.347 e. The summed E-state index contributed by atoms with van der Waals surface area (Å²) in [5.41, 5.74) is 1.05. The average molecular weight is 187 g/mol. The molecule has 0 N–H and O–H groups in total. The lowest BCUT2D eigenvalue weighted by atomic mass is 10.3. The molecule has 0 fully saturated rings. The topological polar surface area (TPSA) is 47.8 Å². The van der Waals surface area contributed by atoms with Crippen LogP contribution in [0.4, 0.5) is 0 Å². The minimum atomic E-state index is -0.270. The molecule has 0 saturated carbocycles. The summed E-state index contributed by atoms with van der Waals surface area (Å²) in [6.07, 6.45) is 3.35. The maximum absolute atomic E-state index is 11.2. The molecule has 0 unspecified atom stereocenters. The standard InChI is InChI=1S/C10H9N3O/c1-13-7-5-9(12-10(13)14)8-4-2-3-6-11-8/h2-7H,1H3. The fourth-order valence-electron chi connectivity index (χ4n) is 1.12. The lowest BCUT2D eigenvalue weighted by Crippen LogP contribution is -2.19. The Morgan fingerprint density at radius 2 is 2.07 bits per heavy atom. The molecule has 2 aromatic heterocycles. The molecular weight excluding hydrogens is 178 g/mol. The zero-order valence-corrected chi connectivity index (χ0v) is 7.71. The van der Waals surface area contributed by atoms with Gasteiger partial charge in [-0.2, -0.15) is 4.98 Å². The third kappa shape index (κ3) is 1.54. The predicted molar refractivity (Wildman–Crippen MR) is 52.7 cm³/mol. The molecule has 70 valence electrons. The van der Waals surface area contributed by atoms with Crippen LogP contribution in [-0.2, 0) is 7.05 Å². The highest BCUT2D eigenvalue weighted by Gasteiger charge is 2.00. The van der Waals surface area contributed by atoms with Gasteiger partial charge in [-0.05, 0) is 18.2 Å². The Balaban J connectivity index is 2.54. The van der Waals surface area contributed by atoms with E-state index in [0.717, 1.165) is 0 Å². The van der Waals surface area contributed by atoms with E-state index in [9.17, 15) is 4.79 Å². The molecule has 4 nitrogen and oxygen atoms in total. The Kier molecular flexibility index (Phi) is 2.10. The van der Waals surface area contributed by atoms with E-state index in [1.54, 1.807) is 25.5 Å². The number of hydrogen-bond acceptors (Lipinski definition) is 3. The van der Waals surface area contributed by atoms with Gasteiger partial charge >= 0.3 is 5.69 Å². The van der Waals surface area contributed by atoms with E-state index in [4.69, 9.17) is 0 Å². The van der Waals surface area contributed by atoms with Crippen LogP contribution in [0.15, 0.2) is 41.5 Å². The molecule has 2 aromatic rings.